The van der Waals surface area contributed by atoms with Crippen LogP contribution in [0.25, 0.3) is 11.3 Å². The molecule has 0 radical (unpaired) electrons. The molecule has 1 N–H and O–H groups in total. The molecule has 0 saturated carbocycles. The second-order valence-corrected chi connectivity index (χ2v) is 3.74. The Morgan fingerprint density at radius 2 is 2.17 bits per heavy atom. The molecule has 6 heteroatoms. The molecule has 2 rings (SSSR count). The summed E-state index contributed by atoms with van der Waals surface area (Å²) in [4.78, 5) is 28.5. The predicted molar refractivity (Wildman–Crippen MR) is 66.3 cm³/mol. The third kappa shape index (κ3) is 2.42. The van der Waals surface area contributed by atoms with Crippen LogP contribution in [0.3, 0.4) is 0 Å². The number of aromatic nitrogens is 2. The number of H-pyrrole nitrogens is 1. The summed E-state index contributed by atoms with van der Waals surface area (Å²) in [7, 11) is 0. The van der Waals surface area contributed by atoms with Crippen LogP contribution in [0.1, 0.15) is 12.7 Å². The predicted octanol–water partition coefficient (Wildman–Crippen LogP) is 1.91. The maximum absolute atomic E-state index is 11.4. The second kappa shape index (κ2) is 4.79. The van der Waals surface area contributed by atoms with Gasteiger partial charge in [0.2, 0.25) is 0 Å². The molecular formula is C12H11N3O3. The standard InChI is InChI=1S/C12H11N3O3/c1-2-11-13-10(7-12(16)14-11)8-4-3-5-9(6-8)15(17)18/h3-7H,2H2,1H3,(H,13,14,16). The van der Waals surface area contributed by atoms with E-state index >= 15 is 0 Å². The molecule has 0 unspecified atom stereocenters. The fraction of sp³-hybridized carbons (Fsp3) is 0.167. The highest BCUT2D eigenvalue weighted by atomic mass is 16.6. The van der Waals surface area contributed by atoms with Gasteiger partial charge in [-0.3, -0.25) is 14.9 Å². The number of nitrogens with zero attached hydrogens (tertiary/aromatic N) is 2. The molecule has 0 aliphatic rings. The minimum atomic E-state index is -0.475. The Labute approximate surface area is 102 Å². The van der Waals surface area contributed by atoms with Crippen molar-refractivity contribution in [1.82, 2.24) is 9.97 Å². The maximum Gasteiger partial charge on any atom is 0.270 e. The van der Waals surface area contributed by atoms with Crippen molar-refractivity contribution in [3.8, 4) is 11.3 Å². The van der Waals surface area contributed by atoms with Crippen molar-refractivity contribution < 1.29 is 4.92 Å². The normalized spacial score (nSPS) is 10.3. The van der Waals surface area contributed by atoms with Crippen molar-refractivity contribution in [3.05, 3.63) is 56.6 Å². The Morgan fingerprint density at radius 1 is 1.39 bits per heavy atom. The molecule has 0 atom stereocenters. The highest BCUT2D eigenvalue weighted by Gasteiger charge is 2.09. The highest BCUT2D eigenvalue weighted by molar-refractivity contribution is 5.62. The summed E-state index contributed by atoms with van der Waals surface area (Å²) < 4.78 is 0. The number of non-ortho nitro benzene ring substituents is 1. The first-order valence-electron chi connectivity index (χ1n) is 5.45. The van der Waals surface area contributed by atoms with E-state index in [4.69, 9.17) is 0 Å². The van der Waals surface area contributed by atoms with Crippen molar-refractivity contribution in [2.75, 3.05) is 0 Å². The molecule has 1 aromatic heterocycles. The number of aromatic amines is 1. The van der Waals surface area contributed by atoms with Gasteiger partial charge in [-0.1, -0.05) is 19.1 Å². The third-order valence-corrected chi connectivity index (χ3v) is 2.48. The number of nitro groups is 1. The summed E-state index contributed by atoms with van der Waals surface area (Å²) in [6, 6.07) is 7.40. The number of benzene rings is 1. The number of nitro benzene ring substituents is 1. The van der Waals surface area contributed by atoms with Crippen LogP contribution < -0.4 is 5.56 Å². The van der Waals surface area contributed by atoms with Crippen LogP contribution in [0.15, 0.2) is 35.1 Å². The maximum atomic E-state index is 11.4. The lowest BCUT2D eigenvalue weighted by atomic mass is 10.1. The van der Waals surface area contributed by atoms with Gasteiger partial charge in [-0.25, -0.2) is 4.98 Å². The van der Waals surface area contributed by atoms with E-state index in [0.29, 0.717) is 23.5 Å². The molecule has 1 aromatic carbocycles. The van der Waals surface area contributed by atoms with Gasteiger partial charge in [0, 0.05) is 30.2 Å². The van der Waals surface area contributed by atoms with Gasteiger partial charge in [-0.2, -0.15) is 0 Å². The monoisotopic (exact) mass is 245 g/mol. The number of hydrogen-bond acceptors (Lipinski definition) is 4. The number of rotatable bonds is 3. The van der Waals surface area contributed by atoms with E-state index in [0.717, 1.165) is 0 Å². The van der Waals surface area contributed by atoms with Gasteiger partial charge < -0.3 is 4.98 Å². The molecule has 0 bridgehead atoms. The first-order chi connectivity index (χ1) is 8.60. The molecule has 0 aliphatic heterocycles. The van der Waals surface area contributed by atoms with E-state index < -0.39 is 4.92 Å². The Morgan fingerprint density at radius 3 is 2.83 bits per heavy atom. The summed E-state index contributed by atoms with van der Waals surface area (Å²) in [5.74, 6) is 0.559. The van der Waals surface area contributed by atoms with Gasteiger partial charge in [0.25, 0.3) is 11.2 Å². The second-order valence-electron chi connectivity index (χ2n) is 3.74. The fourth-order valence-corrected chi connectivity index (χ4v) is 1.60. The van der Waals surface area contributed by atoms with E-state index in [2.05, 4.69) is 9.97 Å². The molecule has 2 aromatic rings. The smallest absolute Gasteiger partial charge is 0.270 e. The summed E-state index contributed by atoms with van der Waals surface area (Å²) in [6.07, 6.45) is 0.595. The number of nitrogens with one attached hydrogen (secondary N) is 1. The van der Waals surface area contributed by atoms with Crippen molar-refractivity contribution in [3.63, 3.8) is 0 Å². The van der Waals surface area contributed by atoms with Crippen LogP contribution in [0, 0.1) is 10.1 Å². The molecule has 0 fully saturated rings. The topological polar surface area (TPSA) is 88.9 Å². The lowest BCUT2D eigenvalue weighted by molar-refractivity contribution is -0.384. The Kier molecular flexibility index (Phi) is 3.18. The summed E-state index contributed by atoms with van der Waals surface area (Å²) in [5.41, 5.74) is 0.722. The molecule has 0 aliphatic carbocycles. The van der Waals surface area contributed by atoms with Crippen LogP contribution in [-0.4, -0.2) is 14.9 Å². The average molecular weight is 245 g/mol. The van der Waals surface area contributed by atoms with Crippen LogP contribution >= 0.6 is 0 Å². The van der Waals surface area contributed by atoms with E-state index in [1.54, 1.807) is 12.1 Å². The molecule has 0 spiro atoms. The molecule has 92 valence electrons. The minimum Gasteiger partial charge on any atom is -0.311 e. The van der Waals surface area contributed by atoms with Crippen LogP contribution in [0.2, 0.25) is 0 Å². The van der Waals surface area contributed by atoms with Crippen molar-refractivity contribution >= 4 is 5.69 Å². The molecule has 6 nitrogen and oxygen atoms in total. The fourth-order valence-electron chi connectivity index (χ4n) is 1.60. The van der Waals surface area contributed by atoms with Gasteiger partial charge in [0.1, 0.15) is 5.82 Å². The highest BCUT2D eigenvalue weighted by Crippen LogP contribution is 2.21. The molecular weight excluding hydrogens is 234 g/mol. The SMILES string of the molecule is CCc1nc(-c2cccc([N+](=O)[O-])c2)cc(=O)[nH]1. The van der Waals surface area contributed by atoms with Crippen molar-refractivity contribution in [1.29, 1.82) is 0 Å². The number of hydrogen-bond donors (Lipinski definition) is 1. The molecule has 0 saturated heterocycles. The molecule has 1 heterocycles. The van der Waals surface area contributed by atoms with Crippen LogP contribution in [0.5, 0.6) is 0 Å². The first kappa shape index (κ1) is 12.0. The molecule has 18 heavy (non-hydrogen) atoms. The lowest BCUT2D eigenvalue weighted by Gasteiger charge is -2.02. The first-order valence-corrected chi connectivity index (χ1v) is 5.45. The third-order valence-electron chi connectivity index (χ3n) is 2.48. The molecule has 0 amide bonds. The largest absolute Gasteiger partial charge is 0.311 e. The summed E-state index contributed by atoms with van der Waals surface area (Å²) >= 11 is 0. The van der Waals surface area contributed by atoms with Crippen molar-refractivity contribution in [2.45, 2.75) is 13.3 Å². The van der Waals surface area contributed by atoms with E-state index in [1.165, 1.54) is 18.2 Å². The Bertz CT molecular complexity index is 649. The van der Waals surface area contributed by atoms with E-state index in [-0.39, 0.29) is 11.2 Å². The zero-order valence-corrected chi connectivity index (χ0v) is 9.71. The van der Waals surface area contributed by atoms with E-state index in [1.807, 2.05) is 6.92 Å². The zero-order chi connectivity index (χ0) is 13.1. The van der Waals surface area contributed by atoms with Crippen LogP contribution in [0.4, 0.5) is 5.69 Å². The quantitative estimate of drug-likeness (QED) is 0.660. The van der Waals surface area contributed by atoms with Gasteiger partial charge in [0.15, 0.2) is 0 Å². The van der Waals surface area contributed by atoms with Crippen molar-refractivity contribution in [2.24, 2.45) is 0 Å². The summed E-state index contributed by atoms with van der Waals surface area (Å²) in [5, 5.41) is 10.7. The van der Waals surface area contributed by atoms with E-state index in [9.17, 15) is 14.9 Å². The zero-order valence-electron chi connectivity index (χ0n) is 9.71. The van der Waals surface area contributed by atoms with Gasteiger partial charge in [-0.15, -0.1) is 0 Å². The lowest BCUT2D eigenvalue weighted by Crippen LogP contribution is -2.10. The van der Waals surface area contributed by atoms with Crippen LogP contribution in [-0.2, 0) is 6.42 Å². The summed E-state index contributed by atoms with van der Waals surface area (Å²) in [6.45, 7) is 1.87. The van der Waals surface area contributed by atoms with Gasteiger partial charge in [-0.05, 0) is 0 Å². The number of aryl methyl sites for hydroxylation is 1. The Balaban J connectivity index is 2.54. The van der Waals surface area contributed by atoms with Gasteiger partial charge >= 0.3 is 0 Å². The van der Waals surface area contributed by atoms with Gasteiger partial charge in [0.05, 0.1) is 10.6 Å². The average Bonchev–Trinajstić information content (AvgIpc) is 2.38. The Hall–Kier alpha value is -2.50. The minimum absolute atomic E-state index is 0.0207.